The van der Waals surface area contributed by atoms with Crippen LogP contribution >= 0.6 is 0 Å². The Labute approximate surface area is 118 Å². The molecule has 20 heavy (non-hydrogen) atoms. The number of nitrogens with zero attached hydrogens (tertiary/aromatic N) is 1. The van der Waals surface area contributed by atoms with E-state index < -0.39 is 0 Å². The van der Waals surface area contributed by atoms with Crippen LogP contribution in [0.4, 0.5) is 0 Å². The lowest BCUT2D eigenvalue weighted by atomic mass is 10.0. The fraction of sp³-hybridized carbons (Fsp3) is 0.188. The van der Waals surface area contributed by atoms with Crippen LogP contribution < -0.4 is 14.2 Å². The lowest BCUT2D eigenvalue weighted by Gasteiger charge is -2.12. The molecule has 0 spiro atoms. The molecule has 0 bridgehead atoms. The number of benzene rings is 2. The van der Waals surface area contributed by atoms with E-state index in [1.165, 1.54) is 0 Å². The first-order chi connectivity index (χ1) is 9.71. The quantitative estimate of drug-likeness (QED) is 0.855. The highest BCUT2D eigenvalue weighted by molar-refractivity contribution is 5.74. The molecular weight excluding hydrogens is 254 g/mol. The zero-order valence-electron chi connectivity index (χ0n) is 11.6. The molecule has 0 aliphatic heterocycles. The van der Waals surface area contributed by atoms with Crippen molar-refractivity contribution in [3.05, 3.63) is 42.0 Å². The maximum atomic E-state index is 9.09. The van der Waals surface area contributed by atoms with E-state index in [2.05, 4.69) is 6.07 Å². The van der Waals surface area contributed by atoms with E-state index >= 15 is 0 Å². The van der Waals surface area contributed by atoms with Crippen LogP contribution in [-0.4, -0.2) is 21.3 Å². The highest BCUT2D eigenvalue weighted by Gasteiger charge is 2.10. The Morgan fingerprint density at radius 2 is 1.60 bits per heavy atom. The minimum absolute atomic E-state index is 0.532. The van der Waals surface area contributed by atoms with Crippen LogP contribution in [-0.2, 0) is 0 Å². The van der Waals surface area contributed by atoms with Crippen molar-refractivity contribution < 1.29 is 14.2 Å². The molecule has 0 unspecified atom stereocenters. The average molecular weight is 269 g/mol. The highest BCUT2D eigenvalue weighted by atomic mass is 16.5. The van der Waals surface area contributed by atoms with Crippen molar-refractivity contribution in [2.24, 2.45) is 0 Å². The molecule has 2 aromatic rings. The summed E-state index contributed by atoms with van der Waals surface area (Å²) >= 11 is 0. The zero-order valence-corrected chi connectivity index (χ0v) is 11.6. The number of hydrogen-bond donors (Lipinski definition) is 0. The number of hydrogen-bond acceptors (Lipinski definition) is 4. The first kappa shape index (κ1) is 13.8. The van der Waals surface area contributed by atoms with Gasteiger partial charge in [-0.15, -0.1) is 0 Å². The van der Waals surface area contributed by atoms with E-state index in [4.69, 9.17) is 19.5 Å². The van der Waals surface area contributed by atoms with Gasteiger partial charge in [0.2, 0.25) is 0 Å². The summed E-state index contributed by atoms with van der Waals surface area (Å²) in [5, 5.41) is 9.09. The van der Waals surface area contributed by atoms with Gasteiger partial charge in [-0.1, -0.05) is 0 Å². The highest BCUT2D eigenvalue weighted by Crippen LogP contribution is 2.35. The molecule has 2 rings (SSSR count). The maximum Gasteiger partial charge on any atom is 0.126 e. The molecule has 4 nitrogen and oxygen atoms in total. The third-order valence-electron chi connectivity index (χ3n) is 2.99. The van der Waals surface area contributed by atoms with E-state index in [-0.39, 0.29) is 0 Å². The van der Waals surface area contributed by atoms with Crippen LogP contribution in [0.25, 0.3) is 11.1 Å². The third kappa shape index (κ3) is 2.67. The molecule has 0 aromatic heterocycles. The van der Waals surface area contributed by atoms with E-state index in [1.54, 1.807) is 33.5 Å². The minimum atomic E-state index is 0.532. The van der Waals surface area contributed by atoms with Crippen molar-refractivity contribution in [2.45, 2.75) is 0 Å². The van der Waals surface area contributed by atoms with Gasteiger partial charge in [0, 0.05) is 5.56 Å². The molecule has 0 radical (unpaired) electrons. The Morgan fingerprint density at radius 1 is 0.850 bits per heavy atom. The van der Waals surface area contributed by atoms with Gasteiger partial charge in [0.25, 0.3) is 0 Å². The summed E-state index contributed by atoms with van der Waals surface area (Å²) in [6.07, 6.45) is 0. The molecule has 4 heteroatoms. The van der Waals surface area contributed by atoms with Crippen LogP contribution in [0.5, 0.6) is 17.2 Å². The molecular formula is C16H15NO3. The maximum absolute atomic E-state index is 9.09. The SMILES string of the molecule is COc1cc(C#N)cc(-c2cc(OC)ccc2OC)c1. The molecule has 2 aromatic carbocycles. The fourth-order valence-electron chi connectivity index (χ4n) is 1.98. The van der Waals surface area contributed by atoms with Crippen LogP contribution in [0.3, 0.4) is 0 Å². The molecule has 0 saturated heterocycles. The van der Waals surface area contributed by atoms with Gasteiger partial charge in [-0.25, -0.2) is 0 Å². The summed E-state index contributed by atoms with van der Waals surface area (Å²) < 4.78 is 15.8. The monoisotopic (exact) mass is 269 g/mol. The Kier molecular flexibility index (Phi) is 4.11. The van der Waals surface area contributed by atoms with E-state index in [0.717, 1.165) is 16.9 Å². The first-order valence-electron chi connectivity index (χ1n) is 6.03. The molecule has 0 atom stereocenters. The second-order valence-corrected chi connectivity index (χ2v) is 4.13. The molecule has 0 N–H and O–H groups in total. The van der Waals surface area contributed by atoms with Gasteiger partial charge in [0.05, 0.1) is 33.0 Å². The predicted molar refractivity (Wildman–Crippen MR) is 76.2 cm³/mol. The third-order valence-corrected chi connectivity index (χ3v) is 2.99. The van der Waals surface area contributed by atoms with E-state index in [9.17, 15) is 0 Å². The molecule has 0 fully saturated rings. The Morgan fingerprint density at radius 3 is 2.20 bits per heavy atom. The summed E-state index contributed by atoms with van der Waals surface area (Å²) in [4.78, 5) is 0. The zero-order chi connectivity index (χ0) is 14.5. The summed E-state index contributed by atoms with van der Waals surface area (Å²) in [5.74, 6) is 2.06. The molecule has 0 aliphatic rings. The van der Waals surface area contributed by atoms with Crippen molar-refractivity contribution in [3.63, 3.8) is 0 Å². The van der Waals surface area contributed by atoms with Gasteiger partial charge in [-0.3, -0.25) is 0 Å². The van der Waals surface area contributed by atoms with Crippen molar-refractivity contribution in [3.8, 4) is 34.4 Å². The largest absolute Gasteiger partial charge is 0.497 e. The topological polar surface area (TPSA) is 51.5 Å². The van der Waals surface area contributed by atoms with Gasteiger partial charge >= 0.3 is 0 Å². The summed E-state index contributed by atoms with van der Waals surface area (Å²) in [7, 11) is 4.79. The first-order valence-corrected chi connectivity index (χ1v) is 6.03. The van der Waals surface area contributed by atoms with Crippen LogP contribution in [0.15, 0.2) is 36.4 Å². The summed E-state index contributed by atoms with van der Waals surface area (Å²) in [5.41, 5.74) is 2.23. The second-order valence-electron chi connectivity index (χ2n) is 4.13. The van der Waals surface area contributed by atoms with Crippen LogP contribution in [0.2, 0.25) is 0 Å². The van der Waals surface area contributed by atoms with Crippen molar-refractivity contribution in [1.29, 1.82) is 5.26 Å². The number of rotatable bonds is 4. The Bertz CT molecular complexity index is 659. The lowest BCUT2D eigenvalue weighted by molar-refractivity contribution is 0.404. The van der Waals surface area contributed by atoms with Gasteiger partial charge in [-0.05, 0) is 42.0 Å². The van der Waals surface area contributed by atoms with Gasteiger partial charge in [0.1, 0.15) is 17.2 Å². The molecule has 102 valence electrons. The smallest absolute Gasteiger partial charge is 0.126 e. The van der Waals surface area contributed by atoms with Crippen LogP contribution in [0, 0.1) is 11.3 Å². The van der Waals surface area contributed by atoms with Gasteiger partial charge in [0.15, 0.2) is 0 Å². The van der Waals surface area contributed by atoms with Crippen molar-refractivity contribution >= 4 is 0 Å². The average Bonchev–Trinajstić information content (AvgIpc) is 2.53. The molecule has 0 saturated carbocycles. The summed E-state index contributed by atoms with van der Waals surface area (Å²) in [6.45, 7) is 0. The van der Waals surface area contributed by atoms with Crippen LogP contribution in [0.1, 0.15) is 5.56 Å². The van der Waals surface area contributed by atoms with Gasteiger partial charge < -0.3 is 14.2 Å². The number of methoxy groups -OCH3 is 3. The normalized spacial score (nSPS) is 9.70. The Hall–Kier alpha value is -2.67. The standard InChI is InChI=1S/C16H15NO3/c1-18-13-4-5-16(20-3)15(9-13)12-6-11(10-17)7-14(8-12)19-2/h4-9H,1-3H3. The second kappa shape index (κ2) is 5.98. The molecule has 0 aliphatic carbocycles. The number of nitriles is 1. The lowest BCUT2D eigenvalue weighted by Crippen LogP contribution is -1.92. The minimum Gasteiger partial charge on any atom is -0.497 e. The van der Waals surface area contributed by atoms with Crippen molar-refractivity contribution in [2.75, 3.05) is 21.3 Å². The van der Waals surface area contributed by atoms with Gasteiger partial charge in [-0.2, -0.15) is 5.26 Å². The predicted octanol–water partition coefficient (Wildman–Crippen LogP) is 3.25. The Balaban J connectivity index is 2.63. The van der Waals surface area contributed by atoms with Crippen molar-refractivity contribution in [1.82, 2.24) is 0 Å². The van der Waals surface area contributed by atoms with E-state index in [0.29, 0.717) is 17.1 Å². The fourth-order valence-corrected chi connectivity index (χ4v) is 1.98. The number of ether oxygens (including phenoxy) is 3. The molecule has 0 amide bonds. The summed E-state index contributed by atoms with van der Waals surface area (Å²) in [6, 6.07) is 13.0. The molecule has 0 heterocycles. The van der Waals surface area contributed by atoms with E-state index in [1.807, 2.05) is 24.3 Å².